The van der Waals surface area contributed by atoms with Crippen molar-refractivity contribution in [2.24, 2.45) is 0 Å². The molecule has 0 amide bonds. The Labute approximate surface area is 154 Å². The predicted molar refractivity (Wildman–Crippen MR) is 98.1 cm³/mol. The highest BCUT2D eigenvalue weighted by Crippen LogP contribution is 2.40. The number of aromatic amines is 1. The van der Waals surface area contributed by atoms with E-state index in [0.29, 0.717) is 11.7 Å². The van der Waals surface area contributed by atoms with Gasteiger partial charge in [-0.3, -0.25) is 9.78 Å². The summed E-state index contributed by atoms with van der Waals surface area (Å²) in [6.45, 7) is 0. The van der Waals surface area contributed by atoms with Crippen LogP contribution in [0.5, 0.6) is 0 Å². The average molecular weight is 360 g/mol. The van der Waals surface area contributed by atoms with Crippen LogP contribution in [0.15, 0.2) is 47.2 Å². The Bertz CT molecular complexity index is 1150. The lowest BCUT2D eigenvalue weighted by molar-refractivity contribution is -0.137. The van der Waals surface area contributed by atoms with Gasteiger partial charge in [-0.15, -0.1) is 0 Å². The highest BCUT2D eigenvalue weighted by molar-refractivity contribution is 5.89. The molecule has 1 aliphatic rings. The Balaban J connectivity index is 1.53. The fourth-order valence-corrected chi connectivity index (χ4v) is 3.86. The monoisotopic (exact) mass is 360 g/mol. The maximum atomic E-state index is 11.1. The molecule has 1 aliphatic carbocycles. The van der Waals surface area contributed by atoms with Crippen molar-refractivity contribution >= 4 is 16.9 Å². The minimum atomic E-state index is -0.761. The van der Waals surface area contributed by atoms with Crippen molar-refractivity contribution < 1.29 is 14.4 Å². The van der Waals surface area contributed by atoms with Crippen LogP contribution >= 0.6 is 0 Å². The predicted octanol–water partition coefficient (Wildman–Crippen LogP) is 3.78. The second-order valence-corrected chi connectivity index (χ2v) is 6.77. The number of fused-ring (bicyclic) bond motifs is 3. The molecule has 1 atom stereocenters. The van der Waals surface area contributed by atoms with Gasteiger partial charge in [-0.25, -0.2) is 0 Å². The molecule has 0 bridgehead atoms. The molecule has 5 rings (SSSR count). The maximum Gasteiger partial charge on any atom is 0.304 e. The molecule has 27 heavy (non-hydrogen) atoms. The first-order valence-corrected chi connectivity index (χ1v) is 8.80. The van der Waals surface area contributed by atoms with E-state index in [9.17, 15) is 4.79 Å². The van der Waals surface area contributed by atoms with E-state index in [2.05, 4.69) is 26.2 Å². The molecule has 0 fully saturated rings. The molecule has 0 saturated carbocycles. The Hall–Kier alpha value is -3.48. The van der Waals surface area contributed by atoms with Crippen LogP contribution < -0.4 is 0 Å². The summed E-state index contributed by atoms with van der Waals surface area (Å²) < 4.78 is 5.39. The van der Waals surface area contributed by atoms with Gasteiger partial charge in [-0.05, 0) is 48.7 Å². The quantitative estimate of drug-likeness (QED) is 0.574. The number of benzene rings is 1. The third kappa shape index (κ3) is 2.68. The molecule has 0 radical (unpaired) electrons. The van der Waals surface area contributed by atoms with Gasteiger partial charge in [0, 0.05) is 46.0 Å². The summed E-state index contributed by atoms with van der Waals surface area (Å²) in [5, 5.41) is 14.3. The summed E-state index contributed by atoms with van der Waals surface area (Å²) in [7, 11) is 0. The van der Waals surface area contributed by atoms with Gasteiger partial charge in [0.2, 0.25) is 5.82 Å². The van der Waals surface area contributed by atoms with Gasteiger partial charge in [-0.2, -0.15) is 4.98 Å². The van der Waals surface area contributed by atoms with Crippen molar-refractivity contribution in [3.8, 4) is 22.8 Å². The lowest BCUT2D eigenvalue weighted by atomic mass is 10.0. The number of rotatable bonds is 4. The third-order valence-corrected chi connectivity index (χ3v) is 5.12. The molecule has 2 N–H and O–H groups in total. The molecule has 0 saturated heterocycles. The van der Waals surface area contributed by atoms with Crippen LogP contribution in [0.2, 0.25) is 0 Å². The first-order valence-electron chi connectivity index (χ1n) is 8.80. The van der Waals surface area contributed by atoms with E-state index in [1.54, 1.807) is 12.4 Å². The zero-order valence-electron chi connectivity index (χ0n) is 14.3. The van der Waals surface area contributed by atoms with Crippen LogP contribution in [0.4, 0.5) is 0 Å². The fourth-order valence-electron chi connectivity index (χ4n) is 3.86. The van der Waals surface area contributed by atoms with E-state index in [0.717, 1.165) is 40.6 Å². The largest absolute Gasteiger partial charge is 0.481 e. The summed E-state index contributed by atoms with van der Waals surface area (Å²) >= 11 is 0. The number of H-pyrrole nitrogens is 1. The van der Waals surface area contributed by atoms with Gasteiger partial charge in [0.25, 0.3) is 5.89 Å². The Morgan fingerprint density at radius 3 is 2.89 bits per heavy atom. The van der Waals surface area contributed by atoms with Crippen molar-refractivity contribution in [2.45, 2.75) is 25.2 Å². The lowest BCUT2D eigenvalue weighted by Gasteiger charge is -2.05. The van der Waals surface area contributed by atoms with E-state index in [4.69, 9.17) is 9.63 Å². The molecular formula is C20H16N4O3. The minimum Gasteiger partial charge on any atom is -0.481 e. The van der Waals surface area contributed by atoms with Gasteiger partial charge in [0.05, 0.1) is 6.42 Å². The molecule has 7 heteroatoms. The number of carboxylic acid groups (broad SMARTS) is 1. The first kappa shape index (κ1) is 15.7. The van der Waals surface area contributed by atoms with Crippen molar-refractivity contribution in [2.75, 3.05) is 0 Å². The molecule has 134 valence electrons. The number of carboxylic acids is 1. The number of pyridine rings is 1. The Kier molecular flexibility index (Phi) is 3.53. The van der Waals surface area contributed by atoms with Gasteiger partial charge in [0.1, 0.15) is 0 Å². The van der Waals surface area contributed by atoms with Gasteiger partial charge in [-0.1, -0.05) is 5.16 Å². The highest BCUT2D eigenvalue weighted by Gasteiger charge is 2.28. The third-order valence-electron chi connectivity index (χ3n) is 5.12. The van der Waals surface area contributed by atoms with Crippen LogP contribution in [0, 0.1) is 0 Å². The molecule has 4 aromatic rings. The number of hydrogen-bond acceptors (Lipinski definition) is 5. The van der Waals surface area contributed by atoms with Crippen molar-refractivity contribution in [1.29, 1.82) is 0 Å². The number of aryl methyl sites for hydroxylation is 1. The van der Waals surface area contributed by atoms with Crippen LogP contribution in [0.3, 0.4) is 0 Å². The Morgan fingerprint density at radius 1 is 1.22 bits per heavy atom. The fraction of sp³-hybridized carbons (Fsp3) is 0.200. The second kappa shape index (κ2) is 6.05. The molecule has 0 spiro atoms. The lowest BCUT2D eigenvalue weighted by Crippen LogP contribution is -2.03. The topological polar surface area (TPSA) is 105 Å². The summed E-state index contributed by atoms with van der Waals surface area (Å²) in [4.78, 5) is 23.0. The number of nitrogens with zero attached hydrogens (tertiary/aromatic N) is 3. The summed E-state index contributed by atoms with van der Waals surface area (Å²) in [6, 6.07) is 9.63. The minimum absolute atomic E-state index is 0.0526. The average Bonchev–Trinajstić information content (AvgIpc) is 3.38. The van der Waals surface area contributed by atoms with Crippen LogP contribution in [0.25, 0.3) is 33.7 Å². The number of carbonyl (C=O) groups is 1. The standard InChI is InChI=1S/C20H16N4O3/c25-17(26)10-12-1-3-14-15-9-13(2-4-16(15)22-18(12)14)19-23-20(27-24-19)11-5-7-21-8-6-11/h2,4-9,12,22H,1,3,10H2,(H,25,26). The first-order chi connectivity index (χ1) is 13.2. The van der Waals surface area contributed by atoms with E-state index in [-0.39, 0.29) is 12.3 Å². The normalized spacial score (nSPS) is 15.9. The molecule has 1 aromatic carbocycles. The molecule has 3 heterocycles. The molecule has 1 unspecified atom stereocenters. The summed E-state index contributed by atoms with van der Waals surface area (Å²) in [5.41, 5.74) is 4.96. The maximum absolute atomic E-state index is 11.1. The van der Waals surface area contributed by atoms with Gasteiger partial charge >= 0.3 is 5.97 Å². The molecular weight excluding hydrogens is 344 g/mol. The smallest absolute Gasteiger partial charge is 0.304 e. The zero-order chi connectivity index (χ0) is 18.4. The summed E-state index contributed by atoms with van der Waals surface area (Å²) in [6.07, 6.45) is 5.27. The Morgan fingerprint density at radius 2 is 2.07 bits per heavy atom. The van der Waals surface area contributed by atoms with E-state index in [1.165, 1.54) is 5.56 Å². The van der Waals surface area contributed by atoms with Gasteiger partial charge < -0.3 is 14.6 Å². The van der Waals surface area contributed by atoms with E-state index < -0.39 is 5.97 Å². The zero-order valence-corrected chi connectivity index (χ0v) is 14.3. The van der Waals surface area contributed by atoms with Gasteiger partial charge in [0.15, 0.2) is 0 Å². The van der Waals surface area contributed by atoms with Crippen molar-refractivity contribution in [3.63, 3.8) is 0 Å². The van der Waals surface area contributed by atoms with E-state index in [1.807, 2.05) is 24.3 Å². The van der Waals surface area contributed by atoms with Crippen molar-refractivity contribution in [3.05, 3.63) is 54.0 Å². The number of aliphatic carboxylic acids is 1. The van der Waals surface area contributed by atoms with Crippen LogP contribution in [0.1, 0.15) is 30.0 Å². The molecule has 3 aromatic heterocycles. The highest BCUT2D eigenvalue weighted by atomic mass is 16.5. The number of nitrogens with one attached hydrogen (secondary N) is 1. The number of hydrogen-bond donors (Lipinski definition) is 2. The van der Waals surface area contributed by atoms with Crippen LogP contribution in [-0.4, -0.2) is 31.2 Å². The molecule has 7 nitrogen and oxygen atoms in total. The van der Waals surface area contributed by atoms with E-state index >= 15 is 0 Å². The number of aromatic nitrogens is 4. The van der Waals surface area contributed by atoms with Crippen molar-refractivity contribution in [1.82, 2.24) is 20.1 Å². The summed E-state index contributed by atoms with van der Waals surface area (Å²) in [5.74, 6) is 0.270. The second-order valence-electron chi connectivity index (χ2n) is 6.77. The SMILES string of the molecule is O=C(O)CC1CCc2c1[nH]c1ccc(-c3noc(-c4ccncc4)n3)cc21. The molecule has 0 aliphatic heterocycles. The van der Waals surface area contributed by atoms with Crippen LogP contribution in [-0.2, 0) is 11.2 Å².